The third-order valence-corrected chi connectivity index (χ3v) is 2.57. The predicted molar refractivity (Wildman–Crippen MR) is 62.0 cm³/mol. The number of nitrogens with zero attached hydrogens (tertiary/aromatic N) is 3. The Kier molecular flexibility index (Phi) is 2.83. The van der Waals surface area contributed by atoms with Gasteiger partial charge in [-0.1, -0.05) is 11.6 Å². The molecule has 0 saturated heterocycles. The molecule has 84 valence electrons. The molecule has 2 aromatic heterocycles. The molecular formula is C11H12ClN3O. The van der Waals surface area contributed by atoms with Crippen molar-refractivity contribution in [3.63, 3.8) is 0 Å². The minimum absolute atomic E-state index is 0.414. The van der Waals surface area contributed by atoms with Gasteiger partial charge >= 0.3 is 0 Å². The normalized spacial score (nSPS) is 10.5. The number of aryl methyl sites for hydroxylation is 2. The van der Waals surface area contributed by atoms with Crippen LogP contribution in [-0.4, -0.2) is 14.8 Å². The van der Waals surface area contributed by atoms with Gasteiger partial charge in [0.2, 0.25) is 0 Å². The van der Waals surface area contributed by atoms with Crippen molar-refractivity contribution in [1.82, 2.24) is 14.8 Å². The number of hydrogen-bond acceptors (Lipinski definition) is 3. The first-order valence-electron chi connectivity index (χ1n) is 4.87. The maximum absolute atomic E-state index is 5.78. The Labute approximate surface area is 98.8 Å². The van der Waals surface area contributed by atoms with Gasteiger partial charge in [0.15, 0.2) is 5.75 Å². The largest absolute Gasteiger partial charge is 0.453 e. The summed E-state index contributed by atoms with van der Waals surface area (Å²) < 4.78 is 7.52. The maximum atomic E-state index is 5.78. The molecule has 0 bridgehead atoms. The Hall–Kier alpha value is -1.55. The summed E-state index contributed by atoms with van der Waals surface area (Å²) in [5.74, 6) is 1.43. The van der Waals surface area contributed by atoms with E-state index in [4.69, 9.17) is 16.3 Å². The Morgan fingerprint density at radius 3 is 2.69 bits per heavy atom. The van der Waals surface area contributed by atoms with E-state index in [-0.39, 0.29) is 0 Å². The fourth-order valence-electron chi connectivity index (χ4n) is 1.47. The molecule has 0 N–H and O–H groups in total. The highest BCUT2D eigenvalue weighted by atomic mass is 35.5. The van der Waals surface area contributed by atoms with Gasteiger partial charge in [0.05, 0.1) is 5.69 Å². The zero-order valence-corrected chi connectivity index (χ0v) is 10.1. The fourth-order valence-corrected chi connectivity index (χ4v) is 1.63. The van der Waals surface area contributed by atoms with Crippen LogP contribution in [0.2, 0.25) is 5.15 Å². The second-order valence-electron chi connectivity index (χ2n) is 3.54. The number of halogens is 1. The van der Waals surface area contributed by atoms with Crippen LogP contribution in [0.25, 0.3) is 0 Å². The number of hydrogen-bond donors (Lipinski definition) is 0. The fraction of sp³-hybridized carbons (Fsp3) is 0.273. The molecule has 0 aliphatic carbocycles. The van der Waals surface area contributed by atoms with Gasteiger partial charge in [-0.15, -0.1) is 0 Å². The summed E-state index contributed by atoms with van der Waals surface area (Å²) in [5, 5.41) is 4.69. The average molecular weight is 238 g/mol. The SMILES string of the molecule is Cc1nn(C)c(C)c1Oc1ccnc(Cl)c1. The van der Waals surface area contributed by atoms with E-state index >= 15 is 0 Å². The van der Waals surface area contributed by atoms with Crippen LogP contribution in [0.5, 0.6) is 11.5 Å². The summed E-state index contributed by atoms with van der Waals surface area (Å²) in [6, 6.07) is 3.44. The molecule has 0 aliphatic rings. The summed E-state index contributed by atoms with van der Waals surface area (Å²) in [4.78, 5) is 3.90. The Balaban J connectivity index is 2.34. The van der Waals surface area contributed by atoms with E-state index < -0.39 is 0 Å². The molecule has 2 aromatic rings. The third kappa shape index (κ3) is 2.02. The van der Waals surface area contributed by atoms with E-state index in [1.54, 1.807) is 23.0 Å². The number of pyridine rings is 1. The first kappa shape index (κ1) is 11.0. The molecule has 0 amide bonds. The minimum atomic E-state index is 0.414. The monoisotopic (exact) mass is 237 g/mol. The van der Waals surface area contributed by atoms with Crippen molar-refractivity contribution in [2.24, 2.45) is 7.05 Å². The molecule has 0 aliphatic heterocycles. The van der Waals surface area contributed by atoms with Crippen LogP contribution in [-0.2, 0) is 7.05 Å². The molecule has 2 rings (SSSR count). The lowest BCUT2D eigenvalue weighted by Gasteiger charge is -2.05. The first-order chi connectivity index (χ1) is 7.58. The van der Waals surface area contributed by atoms with Crippen LogP contribution in [0, 0.1) is 13.8 Å². The van der Waals surface area contributed by atoms with Gasteiger partial charge in [0.1, 0.15) is 16.6 Å². The van der Waals surface area contributed by atoms with Crippen LogP contribution in [0.1, 0.15) is 11.4 Å². The Bertz CT molecular complexity index is 522. The topological polar surface area (TPSA) is 39.9 Å². The Morgan fingerprint density at radius 2 is 2.12 bits per heavy atom. The van der Waals surface area contributed by atoms with E-state index in [0.29, 0.717) is 10.9 Å². The van der Waals surface area contributed by atoms with Crippen LogP contribution in [0.4, 0.5) is 0 Å². The summed E-state index contributed by atoms with van der Waals surface area (Å²) in [5.41, 5.74) is 1.83. The van der Waals surface area contributed by atoms with Crippen molar-refractivity contribution >= 4 is 11.6 Å². The zero-order chi connectivity index (χ0) is 11.7. The Morgan fingerprint density at radius 1 is 1.38 bits per heavy atom. The molecule has 16 heavy (non-hydrogen) atoms. The van der Waals surface area contributed by atoms with Gasteiger partial charge in [0.25, 0.3) is 0 Å². The average Bonchev–Trinajstić information content (AvgIpc) is 2.45. The van der Waals surface area contributed by atoms with E-state index in [1.807, 2.05) is 20.9 Å². The van der Waals surface area contributed by atoms with Crippen molar-refractivity contribution in [2.75, 3.05) is 0 Å². The summed E-state index contributed by atoms with van der Waals surface area (Å²) >= 11 is 5.78. The van der Waals surface area contributed by atoms with Gasteiger partial charge in [-0.05, 0) is 19.9 Å². The van der Waals surface area contributed by atoms with E-state index in [9.17, 15) is 0 Å². The molecule has 0 aromatic carbocycles. The van der Waals surface area contributed by atoms with Gasteiger partial charge in [-0.2, -0.15) is 5.10 Å². The minimum Gasteiger partial charge on any atom is -0.453 e. The smallest absolute Gasteiger partial charge is 0.171 e. The molecule has 0 spiro atoms. The molecule has 5 heteroatoms. The van der Waals surface area contributed by atoms with Gasteiger partial charge in [0, 0.05) is 19.3 Å². The molecule has 4 nitrogen and oxygen atoms in total. The molecule has 0 atom stereocenters. The highest BCUT2D eigenvalue weighted by Gasteiger charge is 2.11. The van der Waals surface area contributed by atoms with Crippen LogP contribution in [0.15, 0.2) is 18.3 Å². The van der Waals surface area contributed by atoms with Crippen LogP contribution >= 0.6 is 11.6 Å². The molecule has 0 radical (unpaired) electrons. The zero-order valence-electron chi connectivity index (χ0n) is 9.36. The highest BCUT2D eigenvalue weighted by molar-refractivity contribution is 6.29. The first-order valence-corrected chi connectivity index (χ1v) is 5.25. The maximum Gasteiger partial charge on any atom is 0.171 e. The summed E-state index contributed by atoms with van der Waals surface area (Å²) in [7, 11) is 1.88. The molecular weight excluding hydrogens is 226 g/mol. The lowest BCUT2D eigenvalue weighted by molar-refractivity contribution is 0.473. The van der Waals surface area contributed by atoms with Crippen molar-refractivity contribution in [3.8, 4) is 11.5 Å². The standard InChI is InChI=1S/C11H12ClN3O/c1-7-11(8(2)15(3)14-7)16-9-4-5-13-10(12)6-9/h4-6H,1-3H3. The molecule has 0 unspecified atom stereocenters. The summed E-state index contributed by atoms with van der Waals surface area (Å²) in [6.45, 7) is 3.86. The third-order valence-electron chi connectivity index (χ3n) is 2.36. The lowest BCUT2D eigenvalue weighted by atomic mass is 10.3. The lowest BCUT2D eigenvalue weighted by Crippen LogP contribution is -1.93. The van der Waals surface area contributed by atoms with Crippen molar-refractivity contribution in [1.29, 1.82) is 0 Å². The van der Waals surface area contributed by atoms with E-state index in [1.165, 1.54) is 0 Å². The van der Waals surface area contributed by atoms with Gasteiger partial charge in [-0.25, -0.2) is 4.98 Å². The van der Waals surface area contributed by atoms with E-state index in [0.717, 1.165) is 17.1 Å². The molecule has 0 fully saturated rings. The van der Waals surface area contributed by atoms with Crippen molar-refractivity contribution in [2.45, 2.75) is 13.8 Å². The second-order valence-corrected chi connectivity index (χ2v) is 3.93. The highest BCUT2D eigenvalue weighted by Crippen LogP contribution is 2.28. The quantitative estimate of drug-likeness (QED) is 0.754. The van der Waals surface area contributed by atoms with Gasteiger partial charge in [-0.3, -0.25) is 4.68 Å². The number of aromatic nitrogens is 3. The molecule has 2 heterocycles. The summed E-state index contributed by atoms with van der Waals surface area (Å²) in [6.07, 6.45) is 1.61. The van der Waals surface area contributed by atoms with Gasteiger partial charge < -0.3 is 4.74 Å². The van der Waals surface area contributed by atoms with Crippen LogP contribution < -0.4 is 4.74 Å². The second kappa shape index (κ2) is 4.14. The predicted octanol–water partition coefficient (Wildman–Crippen LogP) is 2.88. The van der Waals surface area contributed by atoms with Crippen LogP contribution in [0.3, 0.4) is 0 Å². The van der Waals surface area contributed by atoms with Crippen molar-refractivity contribution in [3.05, 3.63) is 34.9 Å². The van der Waals surface area contributed by atoms with Crippen molar-refractivity contribution < 1.29 is 4.74 Å². The number of ether oxygens (including phenoxy) is 1. The number of rotatable bonds is 2. The van der Waals surface area contributed by atoms with E-state index in [2.05, 4.69) is 10.1 Å². The molecule has 0 saturated carbocycles.